The summed E-state index contributed by atoms with van der Waals surface area (Å²) in [7, 11) is 0. The molecular formula is C24H16N6O5. The van der Waals surface area contributed by atoms with Crippen molar-refractivity contribution in [2.75, 3.05) is 0 Å². The molecule has 2 N–H and O–H groups in total. The Kier molecular flexibility index (Phi) is 5.34. The van der Waals surface area contributed by atoms with Crippen molar-refractivity contribution < 1.29 is 14.8 Å². The number of nitrogens with one attached hydrogen (secondary N) is 1. The van der Waals surface area contributed by atoms with Gasteiger partial charge in [0.1, 0.15) is 0 Å². The second kappa shape index (κ2) is 8.63. The third kappa shape index (κ3) is 4.02. The molecule has 5 aromatic rings. The summed E-state index contributed by atoms with van der Waals surface area (Å²) in [6.07, 6.45) is 0. The van der Waals surface area contributed by atoms with Crippen LogP contribution in [0.5, 0.6) is 5.88 Å². The number of aromatic amines is 1. The minimum Gasteiger partial charge on any atom is -0.493 e. The van der Waals surface area contributed by atoms with Gasteiger partial charge in [-0.1, -0.05) is 48.5 Å². The standard InChI is InChI=1S/C24H16N6O5/c31-22-20(18-12-15(30(34)35)10-11-19(18)25-22)26-27-23(32)21-16-8-4-5-9-17(16)24(33)29(28-21)13-14-6-2-1-3-7-14/h1-12,25,31H,13H2. The van der Waals surface area contributed by atoms with Gasteiger partial charge in [0, 0.05) is 22.9 Å². The average molecular weight is 468 g/mol. The molecule has 0 atom stereocenters. The number of nitro groups is 1. The fraction of sp³-hybridized carbons (Fsp3) is 0.0417. The first kappa shape index (κ1) is 21.6. The molecule has 0 bridgehead atoms. The zero-order valence-electron chi connectivity index (χ0n) is 18.0. The molecule has 11 heteroatoms. The smallest absolute Gasteiger partial charge is 0.316 e. The third-order valence-electron chi connectivity index (χ3n) is 5.43. The average Bonchev–Trinajstić information content (AvgIpc) is 3.19. The Labute approximate surface area is 196 Å². The van der Waals surface area contributed by atoms with Crippen LogP contribution in [0.3, 0.4) is 0 Å². The molecule has 11 nitrogen and oxygen atoms in total. The highest BCUT2D eigenvalue weighted by Crippen LogP contribution is 2.37. The van der Waals surface area contributed by atoms with Crippen molar-refractivity contribution in [1.29, 1.82) is 0 Å². The van der Waals surface area contributed by atoms with Gasteiger partial charge in [-0.25, -0.2) is 4.68 Å². The number of fused-ring (bicyclic) bond motifs is 2. The summed E-state index contributed by atoms with van der Waals surface area (Å²) in [5, 5.41) is 34.0. The van der Waals surface area contributed by atoms with E-state index in [1.54, 1.807) is 24.3 Å². The van der Waals surface area contributed by atoms with Crippen LogP contribution in [-0.2, 0) is 6.54 Å². The molecule has 0 aliphatic carbocycles. The first-order chi connectivity index (χ1) is 16.9. The van der Waals surface area contributed by atoms with Gasteiger partial charge in [0.25, 0.3) is 11.2 Å². The Balaban J connectivity index is 1.58. The summed E-state index contributed by atoms with van der Waals surface area (Å²) in [4.78, 5) is 39.2. The molecule has 3 aromatic carbocycles. The van der Waals surface area contributed by atoms with E-state index in [0.717, 1.165) is 5.56 Å². The highest BCUT2D eigenvalue weighted by Gasteiger charge is 2.19. The van der Waals surface area contributed by atoms with Crippen LogP contribution in [0, 0.1) is 10.1 Å². The van der Waals surface area contributed by atoms with E-state index in [-0.39, 0.29) is 34.6 Å². The highest BCUT2D eigenvalue weighted by molar-refractivity contribution is 6.05. The topological polar surface area (TPSA) is 156 Å². The zero-order valence-corrected chi connectivity index (χ0v) is 18.0. The number of aromatic nitrogens is 3. The van der Waals surface area contributed by atoms with Crippen LogP contribution >= 0.6 is 0 Å². The number of hydrogen-bond donors (Lipinski definition) is 2. The fourth-order valence-electron chi connectivity index (χ4n) is 3.77. The number of benzene rings is 3. The van der Waals surface area contributed by atoms with Crippen molar-refractivity contribution in [1.82, 2.24) is 14.8 Å². The van der Waals surface area contributed by atoms with Crippen molar-refractivity contribution >= 4 is 39.0 Å². The van der Waals surface area contributed by atoms with Gasteiger partial charge in [-0.05, 0) is 17.7 Å². The predicted molar refractivity (Wildman–Crippen MR) is 127 cm³/mol. The van der Waals surface area contributed by atoms with Crippen LogP contribution in [0.25, 0.3) is 21.7 Å². The van der Waals surface area contributed by atoms with Crippen LogP contribution in [0.4, 0.5) is 11.4 Å². The summed E-state index contributed by atoms with van der Waals surface area (Å²) in [5.74, 6) is -1.24. The number of rotatable bonds is 5. The monoisotopic (exact) mass is 468 g/mol. The maximum absolute atomic E-state index is 13.1. The van der Waals surface area contributed by atoms with Crippen LogP contribution < -0.4 is 5.56 Å². The second-order valence-electron chi connectivity index (χ2n) is 7.66. The molecule has 2 heterocycles. The van der Waals surface area contributed by atoms with Crippen LogP contribution in [-0.4, -0.2) is 30.7 Å². The molecule has 0 spiro atoms. The molecule has 0 aliphatic heterocycles. The number of non-ortho nitro benzene ring substituents is 1. The molecule has 0 saturated heterocycles. The number of hydrogen-bond acceptors (Lipinski definition) is 7. The normalized spacial score (nSPS) is 11.4. The SMILES string of the molecule is O=C(N=Nc1c(O)[nH]c2ccc([N+](=O)[O-])cc12)c1nn(Cc2ccccc2)c(=O)c2ccccc12. The number of nitrogens with zero attached hydrogens (tertiary/aromatic N) is 5. The number of H-pyrrole nitrogens is 1. The van der Waals surface area contributed by atoms with Gasteiger partial charge in [0.15, 0.2) is 11.4 Å². The number of nitro benzene ring substituents is 1. The summed E-state index contributed by atoms with van der Waals surface area (Å²) < 4.78 is 1.19. The second-order valence-corrected chi connectivity index (χ2v) is 7.66. The van der Waals surface area contributed by atoms with Gasteiger partial charge in [0.2, 0.25) is 5.88 Å². The first-order valence-electron chi connectivity index (χ1n) is 10.4. The molecule has 0 radical (unpaired) electrons. The number of carbonyl (C=O) groups is 1. The molecule has 2 aromatic heterocycles. The van der Waals surface area contributed by atoms with Gasteiger partial charge < -0.3 is 10.1 Å². The van der Waals surface area contributed by atoms with Gasteiger partial charge in [-0.2, -0.15) is 5.10 Å². The molecule has 0 fully saturated rings. The van der Waals surface area contributed by atoms with Crippen LogP contribution in [0.2, 0.25) is 0 Å². The minimum absolute atomic E-state index is 0.0924. The van der Waals surface area contributed by atoms with E-state index in [4.69, 9.17) is 0 Å². The quantitative estimate of drug-likeness (QED) is 0.220. The van der Waals surface area contributed by atoms with Crippen LogP contribution in [0.15, 0.2) is 87.8 Å². The van der Waals surface area contributed by atoms with E-state index in [0.29, 0.717) is 16.3 Å². The summed E-state index contributed by atoms with van der Waals surface area (Å²) >= 11 is 0. The molecular weight excluding hydrogens is 452 g/mol. The van der Waals surface area contributed by atoms with Crippen molar-refractivity contribution in [3.63, 3.8) is 0 Å². The van der Waals surface area contributed by atoms with Crippen molar-refractivity contribution in [2.24, 2.45) is 10.2 Å². The number of azo groups is 1. The number of amides is 1. The first-order valence-corrected chi connectivity index (χ1v) is 10.4. The van der Waals surface area contributed by atoms with E-state index in [1.807, 2.05) is 30.3 Å². The Morgan fingerprint density at radius 3 is 2.49 bits per heavy atom. The molecule has 1 amide bonds. The number of carbonyl (C=O) groups excluding carboxylic acids is 1. The van der Waals surface area contributed by atoms with Gasteiger partial charge in [-0.15, -0.1) is 10.2 Å². The molecule has 35 heavy (non-hydrogen) atoms. The van der Waals surface area contributed by atoms with E-state index in [2.05, 4.69) is 20.3 Å². The van der Waals surface area contributed by atoms with Gasteiger partial charge >= 0.3 is 5.91 Å². The molecule has 0 saturated carbocycles. The van der Waals surface area contributed by atoms with Crippen LogP contribution in [0.1, 0.15) is 16.1 Å². The molecule has 172 valence electrons. The lowest BCUT2D eigenvalue weighted by Crippen LogP contribution is -2.26. The van der Waals surface area contributed by atoms with Gasteiger partial charge in [0.05, 0.1) is 22.4 Å². The lowest BCUT2D eigenvalue weighted by atomic mass is 10.1. The minimum atomic E-state index is -0.845. The van der Waals surface area contributed by atoms with Crippen molar-refractivity contribution in [3.8, 4) is 5.88 Å². The predicted octanol–water partition coefficient (Wildman–Crippen LogP) is 4.46. The molecule has 5 rings (SSSR count). The lowest BCUT2D eigenvalue weighted by molar-refractivity contribution is -0.384. The Morgan fingerprint density at radius 2 is 1.74 bits per heavy atom. The summed E-state index contributed by atoms with van der Waals surface area (Å²) in [6.45, 7) is 0.148. The van der Waals surface area contributed by atoms with Gasteiger partial charge in [-0.3, -0.25) is 19.7 Å². The van der Waals surface area contributed by atoms with Crippen molar-refractivity contribution in [2.45, 2.75) is 6.54 Å². The molecule has 0 aliphatic rings. The zero-order chi connectivity index (χ0) is 24.5. The largest absolute Gasteiger partial charge is 0.493 e. The summed E-state index contributed by atoms with van der Waals surface area (Å²) in [5.41, 5.74) is 0.417. The van der Waals surface area contributed by atoms with Crippen molar-refractivity contribution in [3.05, 3.63) is 105 Å². The summed E-state index contributed by atoms with van der Waals surface area (Å²) in [6, 6.07) is 19.6. The van der Waals surface area contributed by atoms with E-state index >= 15 is 0 Å². The highest BCUT2D eigenvalue weighted by atomic mass is 16.6. The Morgan fingerprint density at radius 1 is 1.03 bits per heavy atom. The van der Waals surface area contributed by atoms with E-state index in [1.165, 1.54) is 22.9 Å². The fourth-order valence-corrected chi connectivity index (χ4v) is 3.77. The van der Waals surface area contributed by atoms with E-state index < -0.39 is 16.7 Å². The maximum Gasteiger partial charge on any atom is 0.316 e. The Bertz CT molecular complexity index is 1700. The van der Waals surface area contributed by atoms with E-state index in [9.17, 15) is 24.8 Å². The Hall–Kier alpha value is -5.19. The third-order valence-corrected chi connectivity index (χ3v) is 5.43. The lowest BCUT2D eigenvalue weighted by Gasteiger charge is -2.09. The number of aromatic hydroxyl groups is 1. The maximum atomic E-state index is 13.1. The molecule has 0 unspecified atom stereocenters.